The molecule has 0 aliphatic heterocycles. The van der Waals surface area contributed by atoms with Gasteiger partial charge >= 0.3 is 0 Å². The van der Waals surface area contributed by atoms with Crippen molar-refractivity contribution in [2.24, 2.45) is 17.1 Å². The van der Waals surface area contributed by atoms with Crippen LogP contribution in [0.25, 0.3) is 0 Å². The Bertz CT molecular complexity index is 340. The van der Waals surface area contributed by atoms with E-state index in [0.29, 0.717) is 5.41 Å². The fraction of sp³-hybridized carbons (Fsp3) is 0.750. The van der Waals surface area contributed by atoms with Gasteiger partial charge in [0.05, 0.1) is 12.0 Å². The highest BCUT2D eigenvalue weighted by molar-refractivity contribution is 5.06. The van der Waals surface area contributed by atoms with E-state index in [9.17, 15) is 0 Å². The van der Waals surface area contributed by atoms with Gasteiger partial charge in [0.25, 0.3) is 0 Å². The van der Waals surface area contributed by atoms with Crippen molar-refractivity contribution in [3.63, 3.8) is 0 Å². The first-order valence-corrected chi connectivity index (χ1v) is 5.80. The van der Waals surface area contributed by atoms with Crippen LogP contribution in [0.15, 0.2) is 12.5 Å². The molecule has 1 fully saturated rings. The zero-order valence-electron chi connectivity index (χ0n) is 9.90. The van der Waals surface area contributed by atoms with Crippen molar-refractivity contribution in [2.45, 2.75) is 46.2 Å². The van der Waals surface area contributed by atoms with Crippen LogP contribution in [0.4, 0.5) is 0 Å². The zero-order valence-corrected chi connectivity index (χ0v) is 9.90. The molecule has 2 atom stereocenters. The van der Waals surface area contributed by atoms with Crippen LogP contribution in [0, 0.1) is 11.3 Å². The maximum atomic E-state index is 6.04. The summed E-state index contributed by atoms with van der Waals surface area (Å²) in [7, 11) is 0. The summed E-state index contributed by atoms with van der Waals surface area (Å²) < 4.78 is 2.23. The van der Waals surface area contributed by atoms with Crippen LogP contribution in [0.2, 0.25) is 0 Å². The second kappa shape index (κ2) is 3.63. The Kier molecular flexibility index (Phi) is 2.59. The predicted octanol–water partition coefficient (Wildman–Crippen LogP) is 2.34. The van der Waals surface area contributed by atoms with Gasteiger partial charge in [-0.1, -0.05) is 20.8 Å². The van der Waals surface area contributed by atoms with Crippen LogP contribution in [0.1, 0.15) is 45.3 Å². The topological polar surface area (TPSA) is 43.8 Å². The zero-order chi connectivity index (χ0) is 11.1. The largest absolute Gasteiger partial charge is 0.333 e. The Labute approximate surface area is 91.7 Å². The van der Waals surface area contributed by atoms with Crippen LogP contribution in [0.3, 0.4) is 0 Å². The highest BCUT2D eigenvalue weighted by Crippen LogP contribution is 2.52. The van der Waals surface area contributed by atoms with Crippen LogP contribution < -0.4 is 5.73 Å². The van der Waals surface area contributed by atoms with Gasteiger partial charge in [0.2, 0.25) is 0 Å². The normalized spacial score (nSPS) is 25.2. The lowest BCUT2D eigenvalue weighted by molar-refractivity contribution is 0.479. The van der Waals surface area contributed by atoms with Crippen LogP contribution in [0.5, 0.6) is 0 Å². The van der Waals surface area contributed by atoms with Gasteiger partial charge in [-0.2, -0.15) is 0 Å². The smallest absolute Gasteiger partial charge is 0.0948 e. The molecule has 3 nitrogen and oxygen atoms in total. The number of aromatic nitrogens is 2. The van der Waals surface area contributed by atoms with E-state index < -0.39 is 0 Å². The molecule has 0 aromatic carbocycles. The summed E-state index contributed by atoms with van der Waals surface area (Å²) in [6.45, 7) is 7.85. The fourth-order valence-corrected chi connectivity index (χ4v) is 2.13. The number of hydrogen-bond donors (Lipinski definition) is 1. The third-order valence-corrected chi connectivity index (χ3v) is 3.70. The minimum atomic E-state index is 0.134. The lowest BCUT2D eigenvalue weighted by Gasteiger charge is -2.13. The summed E-state index contributed by atoms with van der Waals surface area (Å²) in [4.78, 5) is 4.20. The van der Waals surface area contributed by atoms with Crippen molar-refractivity contribution in [3.8, 4) is 0 Å². The molecule has 0 amide bonds. The Balaban J connectivity index is 2.06. The van der Waals surface area contributed by atoms with Gasteiger partial charge in [-0.05, 0) is 24.2 Å². The van der Waals surface area contributed by atoms with Gasteiger partial charge in [0, 0.05) is 18.8 Å². The minimum absolute atomic E-state index is 0.134. The first kappa shape index (κ1) is 10.7. The molecule has 1 aliphatic carbocycles. The van der Waals surface area contributed by atoms with Gasteiger partial charge in [0.1, 0.15) is 0 Å². The van der Waals surface area contributed by atoms with Crippen LogP contribution in [-0.4, -0.2) is 9.55 Å². The first-order valence-electron chi connectivity index (χ1n) is 5.80. The van der Waals surface area contributed by atoms with E-state index >= 15 is 0 Å². The van der Waals surface area contributed by atoms with Crippen LogP contribution >= 0.6 is 0 Å². The molecule has 2 N–H and O–H groups in total. The van der Waals surface area contributed by atoms with E-state index in [1.54, 1.807) is 0 Å². The van der Waals surface area contributed by atoms with E-state index in [-0.39, 0.29) is 6.04 Å². The third kappa shape index (κ3) is 2.07. The molecule has 15 heavy (non-hydrogen) atoms. The third-order valence-electron chi connectivity index (χ3n) is 3.70. The van der Waals surface area contributed by atoms with Gasteiger partial charge in [-0.25, -0.2) is 4.98 Å². The average molecular weight is 207 g/mol. The maximum absolute atomic E-state index is 6.04. The molecule has 1 saturated carbocycles. The van der Waals surface area contributed by atoms with E-state index in [1.807, 2.05) is 12.5 Å². The molecule has 0 radical (unpaired) electrons. The van der Waals surface area contributed by atoms with Crippen molar-refractivity contribution in [2.75, 3.05) is 0 Å². The summed E-state index contributed by atoms with van der Waals surface area (Å²) in [5.41, 5.74) is 7.75. The molecule has 1 unspecified atom stereocenters. The number of hydrogen-bond acceptors (Lipinski definition) is 2. The minimum Gasteiger partial charge on any atom is -0.333 e. The standard InChI is InChI=1S/C12H21N3/c1-4-10(13)11-6-14-8-15(11)7-9-5-12(9,2)3/h6,8-10H,4-5,7,13H2,1-3H3/t9?,10-/m1/s1. The highest BCUT2D eigenvalue weighted by atomic mass is 15.1. The van der Waals surface area contributed by atoms with Crippen molar-refractivity contribution in [3.05, 3.63) is 18.2 Å². The van der Waals surface area contributed by atoms with Crippen LogP contribution in [-0.2, 0) is 6.54 Å². The Morgan fingerprint density at radius 2 is 2.33 bits per heavy atom. The van der Waals surface area contributed by atoms with Gasteiger partial charge in [-0.15, -0.1) is 0 Å². The van der Waals surface area contributed by atoms with Crippen molar-refractivity contribution >= 4 is 0 Å². The fourth-order valence-electron chi connectivity index (χ4n) is 2.13. The summed E-state index contributed by atoms with van der Waals surface area (Å²) in [5.74, 6) is 0.800. The molecule has 0 saturated heterocycles. The molecule has 1 heterocycles. The molecular weight excluding hydrogens is 186 g/mol. The highest BCUT2D eigenvalue weighted by Gasteiger charge is 2.45. The van der Waals surface area contributed by atoms with E-state index in [2.05, 4.69) is 30.3 Å². The molecule has 0 spiro atoms. The number of imidazole rings is 1. The average Bonchev–Trinajstić information content (AvgIpc) is 2.65. The summed E-state index contributed by atoms with van der Waals surface area (Å²) in [6.07, 6.45) is 6.12. The maximum Gasteiger partial charge on any atom is 0.0948 e. The van der Waals surface area contributed by atoms with Crippen molar-refractivity contribution < 1.29 is 0 Å². The SMILES string of the molecule is CC[C@@H](N)c1cncn1CC1CC1(C)C. The van der Waals surface area contributed by atoms with E-state index in [4.69, 9.17) is 5.73 Å². The number of rotatable bonds is 4. The Morgan fingerprint density at radius 3 is 2.87 bits per heavy atom. The molecule has 1 aromatic heterocycles. The molecule has 1 aliphatic rings. The summed E-state index contributed by atoms with van der Waals surface area (Å²) in [6, 6.07) is 0.134. The quantitative estimate of drug-likeness (QED) is 0.823. The number of nitrogens with two attached hydrogens (primary N) is 1. The predicted molar refractivity (Wildman–Crippen MR) is 61.3 cm³/mol. The van der Waals surface area contributed by atoms with Gasteiger partial charge in [-0.3, -0.25) is 0 Å². The monoisotopic (exact) mass is 207 g/mol. The molecule has 2 rings (SSSR count). The molecule has 0 bridgehead atoms. The van der Waals surface area contributed by atoms with Crippen molar-refractivity contribution in [1.29, 1.82) is 0 Å². The second-order valence-corrected chi connectivity index (χ2v) is 5.38. The summed E-state index contributed by atoms with van der Waals surface area (Å²) >= 11 is 0. The van der Waals surface area contributed by atoms with Crippen molar-refractivity contribution in [1.82, 2.24) is 9.55 Å². The Morgan fingerprint density at radius 1 is 1.67 bits per heavy atom. The number of nitrogens with zero attached hydrogens (tertiary/aromatic N) is 2. The molecular formula is C12H21N3. The van der Waals surface area contributed by atoms with E-state index in [1.165, 1.54) is 12.1 Å². The van der Waals surface area contributed by atoms with Gasteiger partial charge < -0.3 is 10.3 Å². The first-order chi connectivity index (χ1) is 7.04. The lowest BCUT2D eigenvalue weighted by Crippen LogP contribution is -2.15. The molecule has 1 aromatic rings. The Hall–Kier alpha value is -0.830. The van der Waals surface area contributed by atoms with E-state index in [0.717, 1.165) is 18.9 Å². The summed E-state index contributed by atoms with van der Waals surface area (Å²) in [5, 5.41) is 0. The molecule has 3 heteroatoms. The molecule has 84 valence electrons. The lowest BCUT2D eigenvalue weighted by atomic mass is 10.1. The van der Waals surface area contributed by atoms with Gasteiger partial charge in [0.15, 0.2) is 0 Å². The second-order valence-electron chi connectivity index (χ2n) is 5.38.